The zero-order chi connectivity index (χ0) is 21.1. The van der Waals surface area contributed by atoms with Crippen LogP contribution < -0.4 is 4.74 Å². The molecule has 0 amide bonds. The van der Waals surface area contributed by atoms with E-state index in [1.807, 2.05) is 6.92 Å². The molecule has 4 heteroatoms. The summed E-state index contributed by atoms with van der Waals surface area (Å²) in [5.74, 6) is 2.12. The number of carbonyl (C=O) groups excluding carboxylic acids is 1. The van der Waals surface area contributed by atoms with Gasteiger partial charge in [0, 0.05) is 17.5 Å². The van der Waals surface area contributed by atoms with E-state index in [1.165, 1.54) is 48.1 Å². The maximum absolute atomic E-state index is 12.2. The standard InChI is InChI=1S/C26H37NO3/c1-4-17-15-22-21(16-24(17)29-5-2)20-9-7-8-10-23(20)27-25(22)18-11-13-19(14-12-18)26(28)30-6-3/h15-16,18-20,23H,4-14H2,1-3H3. The maximum atomic E-state index is 12.2. The molecule has 4 nitrogen and oxygen atoms in total. The largest absolute Gasteiger partial charge is 0.494 e. The van der Waals surface area contributed by atoms with E-state index in [9.17, 15) is 4.79 Å². The van der Waals surface area contributed by atoms with Crippen LogP contribution >= 0.6 is 0 Å². The molecule has 2 fully saturated rings. The van der Waals surface area contributed by atoms with Crippen LogP contribution in [-0.2, 0) is 16.0 Å². The highest BCUT2D eigenvalue weighted by Gasteiger charge is 2.38. The average Bonchev–Trinajstić information content (AvgIpc) is 2.78. The van der Waals surface area contributed by atoms with Gasteiger partial charge in [0.15, 0.2) is 0 Å². The highest BCUT2D eigenvalue weighted by molar-refractivity contribution is 6.05. The first kappa shape index (κ1) is 21.4. The second-order valence-electron chi connectivity index (χ2n) is 9.11. The third-order valence-electron chi connectivity index (χ3n) is 7.36. The van der Waals surface area contributed by atoms with Gasteiger partial charge in [-0.15, -0.1) is 0 Å². The Morgan fingerprint density at radius 1 is 1.00 bits per heavy atom. The number of benzene rings is 1. The topological polar surface area (TPSA) is 47.9 Å². The minimum absolute atomic E-state index is 0.0103. The van der Waals surface area contributed by atoms with Crippen LogP contribution in [0.3, 0.4) is 0 Å². The smallest absolute Gasteiger partial charge is 0.308 e. The Bertz CT molecular complexity index is 792. The van der Waals surface area contributed by atoms with Crippen LogP contribution in [0.1, 0.15) is 94.7 Å². The molecule has 0 aromatic heterocycles. The van der Waals surface area contributed by atoms with E-state index in [0.29, 0.717) is 31.1 Å². The Labute approximate surface area is 181 Å². The van der Waals surface area contributed by atoms with Crippen molar-refractivity contribution in [3.05, 3.63) is 28.8 Å². The number of hydrogen-bond acceptors (Lipinski definition) is 4. The van der Waals surface area contributed by atoms with Gasteiger partial charge in [-0.1, -0.05) is 19.8 Å². The molecular formula is C26H37NO3. The van der Waals surface area contributed by atoms with Gasteiger partial charge in [0.05, 0.1) is 25.2 Å². The van der Waals surface area contributed by atoms with Gasteiger partial charge < -0.3 is 9.47 Å². The lowest BCUT2D eigenvalue weighted by atomic mass is 9.71. The van der Waals surface area contributed by atoms with Crippen molar-refractivity contribution in [1.29, 1.82) is 0 Å². The highest BCUT2D eigenvalue weighted by Crippen LogP contribution is 2.45. The summed E-state index contributed by atoms with van der Waals surface area (Å²) in [6.45, 7) is 7.34. The zero-order valence-electron chi connectivity index (χ0n) is 18.9. The molecule has 2 unspecified atom stereocenters. The van der Waals surface area contributed by atoms with Crippen LogP contribution in [0.4, 0.5) is 0 Å². The number of nitrogens with zero attached hydrogens (tertiary/aromatic N) is 1. The van der Waals surface area contributed by atoms with Crippen molar-refractivity contribution in [3.8, 4) is 5.75 Å². The Hall–Kier alpha value is -1.84. The summed E-state index contributed by atoms with van der Waals surface area (Å²) in [5, 5.41) is 0. The minimum Gasteiger partial charge on any atom is -0.494 e. The van der Waals surface area contributed by atoms with Gasteiger partial charge in [0.2, 0.25) is 0 Å². The number of esters is 1. The summed E-state index contributed by atoms with van der Waals surface area (Å²) in [7, 11) is 0. The molecule has 0 saturated heterocycles. The second kappa shape index (κ2) is 9.53. The SMILES string of the molecule is CCOC(=O)C1CCC(C2=NC3CCCCC3c3cc(OCC)c(CC)cc32)CC1. The van der Waals surface area contributed by atoms with Crippen LogP contribution in [0.2, 0.25) is 0 Å². The molecule has 0 bridgehead atoms. The van der Waals surface area contributed by atoms with E-state index in [0.717, 1.165) is 37.9 Å². The van der Waals surface area contributed by atoms with E-state index in [2.05, 4.69) is 26.0 Å². The molecule has 0 spiro atoms. The van der Waals surface area contributed by atoms with Gasteiger partial charge in [0.1, 0.15) is 5.75 Å². The maximum Gasteiger partial charge on any atom is 0.308 e. The first-order valence-corrected chi connectivity index (χ1v) is 12.2. The van der Waals surface area contributed by atoms with Crippen molar-refractivity contribution in [2.24, 2.45) is 16.8 Å². The molecule has 2 saturated carbocycles. The number of ether oxygens (including phenoxy) is 2. The van der Waals surface area contributed by atoms with E-state index < -0.39 is 0 Å². The molecule has 1 aromatic rings. The summed E-state index contributed by atoms with van der Waals surface area (Å²) in [6, 6.07) is 5.15. The van der Waals surface area contributed by atoms with Gasteiger partial charge in [-0.3, -0.25) is 9.79 Å². The number of hydrogen-bond donors (Lipinski definition) is 0. The molecule has 1 aromatic carbocycles. The summed E-state index contributed by atoms with van der Waals surface area (Å²) in [4.78, 5) is 17.6. The van der Waals surface area contributed by atoms with Crippen LogP contribution in [-0.4, -0.2) is 30.9 Å². The molecule has 1 aliphatic heterocycles. The molecule has 0 N–H and O–H groups in total. The summed E-state index contributed by atoms with van der Waals surface area (Å²) >= 11 is 0. The van der Waals surface area contributed by atoms with Crippen molar-refractivity contribution < 1.29 is 14.3 Å². The van der Waals surface area contributed by atoms with Crippen LogP contribution in [0, 0.1) is 11.8 Å². The number of rotatable bonds is 6. The van der Waals surface area contributed by atoms with Crippen molar-refractivity contribution in [1.82, 2.24) is 0 Å². The normalized spacial score (nSPS) is 28.2. The average molecular weight is 412 g/mol. The fourth-order valence-electron chi connectivity index (χ4n) is 5.80. The number of fused-ring (bicyclic) bond motifs is 3. The van der Waals surface area contributed by atoms with Crippen molar-refractivity contribution in [2.45, 2.75) is 90.5 Å². The Balaban J connectivity index is 1.64. The molecule has 164 valence electrons. The lowest BCUT2D eigenvalue weighted by Crippen LogP contribution is -2.34. The van der Waals surface area contributed by atoms with Gasteiger partial charge in [0.25, 0.3) is 0 Å². The van der Waals surface area contributed by atoms with Gasteiger partial charge in [-0.2, -0.15) is 0 Å². The Kier molecular flexibility index (Phi) is 6.80. The van der Waals surface area contributed by atoms with E-state index in [4.69, 9.17) is 14.5 Å². The lowest BCUT2D eigenvalue weighted by molar-refractivity contribution is -0.149. The number of carbonyl (C=O) groups is 1. The first-order chi connectivity index (χ1) is 14.7. The van der Waals surface area contributed by atoms with Gasteiger partial charge in [-0.05, 0) is 87.6 Å². The second-order valence-corrected chi connectivity index (χ2v) is 9.11. The molecule has 3 aliphatic rings. The minimum atomic E-state index is -0.0103. The number of aryl methyl sites for hydroxylation is 1. The monoisotopic (exact) mass is 411 g/mol. The fraction of sp³-hybridized carbons (Fsp3) is 0.692. The molecular weight excluding hydrogens is 374 g/mol. The molecule has 30 heavy (non-hydrogen) atoms. The van der Waals surface area contributed by atoms with Crippen molar-refractivity contribution >= 4 is 11.7 Å². The summed E-state index contributed by atoms with van der Waals surface area (Å²) in [6.07, 6.45) is 9.91. The molecule has 2 aliphatic carbocycles. The Morgan fingerprint density at radius 2 is 1.77 bits per heavy atom. The quantitative estimate of drug-likeness (QED) is 0.552. The molecule has 2 atom stereocenters. The van der Waals surface area contributed by atoms with E-state index in [-0.39, 0.29) is 11.9 Å². The van der Waals surface area contributed by atoms with Crippen LogP contribution in [0.15, 0.2) is 17.1 Å². The zero-order valence-corrected chi connectivity index (χ0v) is 18.9. The van der Waals surface area contributed by atoms with Crippen LogP contribution in [0.5, 0.6) is 5.75 Å². The molecule has 4 rings (SSSR count). The predicted molar refractivity (Wildman–Crippen MR) is 121 cm³/mol. The third-order valence-corrected chi connectivity index (χ3v) is 7.36. The highest BCUT2D eigenvalue weighted by atomic mass is 16.5. The Morgan fingerprint density at radius 3 is 2.47 bits per heavy atom. The van der Waals surface area contributed by atoms with Gasteiger partial charge in [-0.25, -0.2) is 0 Å². The van der Waals surface area contributed by atoms with Crippen molar-refractivity contribution in [3.63, 3.8) is 0 Å². The van der Waals surface area contributed by atoms with Crippen molar-refractivity contribution in [2.75, 3.05) is 13.2 Å². The number of aliphatic imine (C=N–C) groups is 1. The fourth-order valence-corrected chi connectivity index (χ4v) is 5.80. The molecule has 0 radical (unpaired) electrons. The van der Waals surface area contributed by atoms with E-state index in [1.54, 1.807) is 0 Å². The first-order valence-electron chi connectivity index (χ1n) is 12.2. The van der Waals surface area contributed by atoms with E-state index >= 15 is 0 Å². The van der Waals surface area contributed by atoms with Crippen LogP contribution in [0.25, 0.3) is 0 Å². The lowest BCUT2D eigenvalue weighted by Gasteiger charge is -2.39. The predicted octanol–water partition coefficient (Wildman–Crippen LogP) is 5.85. The third kappa shape index (κ3) is 4.15. The summed E-state index contributed by atoms with van der Waals surface area (Å²) in [5.41, 5.74) is 5.45. The molecule has 1 heterocycles. The summed E-state index contributed by atoms with van der Waals surface area (Å²) < 4.78 is 11.3. The van der Waals surface area contributed by atoms with Gasteiger partial charge >= 0.3 is 5.97 Å².